The Morgan fingerprint density at radius 1 is 1.29 bits per heavy atom. The van der Waals surface area contributed by atoms with Crippen LogP contribution in [0.1, 0.15) is 36.6 Å². The number of aryl methyl sites for hydroxylation is 2. The lowest BCUT2D eigenvalue weighted by Gasteiger charge is -2.18. The SMILES string of the molecule is CCOc1ccc(C)cc1C(C)NC(=O)/C(C#N)=C\Nc1ccc(Br)cc1C. The Morgan fingerprint density at radius 3 is 2.68 bits per heavy atom. The fourth-order valence-corrected chi connectivity index (χ4v) is 3.21. The Hall–Kier alpha value is -2.78. The van der Waals surface area contributed by atoms with E-state index in [1.54, 1.807) is 0 Å². The largest absolute Gasteiger partial charge is 0.494 e. The van der Waals surface area contributed by atoms with Gasteiger partial charge in [0.2, 0.25) is 0 Å². The number of carbonyl (C=O) groups excluding carboxylic acids is 1. The molecule has 0 saturated heterocycles. The van der Waals surface area contributed by atoms with E-state index in [-0.39, 0.29) is 11.6 Å². The first-order chi connectivity index (χ1) is 13.3. The molecule has 0 aliphatic carbocycles. The number of amides is 1. The molecule has 0 radical (unpaired) electrons. The van der Waals surface area contributed by atoms with Crippen LogP contribution < -0.4 is 15.4 Å². The van der Waals surface area contributed by atoms with Crippen LogP contribution in [0.2, 0.25) is 0 Å². The number of anilines is 1. The summed E-state index contributed by atoms with van der Waals surface area (Å²) in [5.41, 5.74) is 3.78. The van der Waals surface area contributed by atoms with Crippen molar-refractivity contribution in [2.45, 2.75) is 33.7 Å². The number of rotatable bonds is 7. The van der Waals surface area contributed by atoms with E-state index >= 15 is 0 Å². The van der Waals surface area contributed by atoms with Gasteiger partial charge in [0.25, 0.3) is 5.91 Å². The van der Waals surface area contributed by atoms with Crippen molar-refractivity contribution in [2.75, 3.05) is 11.9 Å². The highest BCUT2D eigenvalue weighted by atomic mass is 79.9. The van der Waals surface area contributed by atoms with Crippen LogP contribution >= 0.6 is 15.9 Å². The molecular formula is C22H24BrN3O2. The number of hydrogen-bond acceptors (Lipinski definition) is 4. The van der Waals surface area contributed by atoms with Gasteiger partial charge in [0.15, 0.2) is 0 Å². The highest BCUT2D eigenvalue weighted by Crippen LogP contribution is 2.27. The average Bonchev–Trinajstić information content (AvgIpc) is 2.65. The molecule has 0 heterocycles. The van der Waals surface area contributed by atoms with Gasteiger partial charge in [0.1, 0.15) is 17.4 Å². The molecule has 0 aliphatic rings. The predicted octanol–water partition coefficient (Wildman–Crippen LogP) is 5.16. The first-order valence-corrected chi connectivity index (χ1v) is 9.82. The Kier molecular flexibility index (Phi) is 7.65. The van der Waals surface area contributed by atoms with Crippen molar-refractivity contribution in [1.82, 2.24) is 5.32 Å². The van der Waals surface area contributed by atoms with Gasteiger partial charge in [-0.25, -0.2) is 0 Å². The van der Waals surface area contributed by atoms with Crippen LogP contribution in [0, 0.1) is 25.2 Å². The maximum absolute atomic E-state index is 12.6. The summed E-state index contributed by atoms with van der Waals surface area (Å²) in [6, 6.07) is 13.2. The first kappa shape index (κ1) is 21.5. The fraction of sp³-hybridized carbons (Fsp3) is 0.273. The van der Waals surface area contributed by atoms with Gasteiger partial charge in [-0.05, 0) is 57.5 Å². The molecule has 1 amide bonds. The van der Waals surface area contributed by atoms with Crippen molar-refractivity contribution in [3.8, 4) is 11.8 Å². The molecular weight excluding hydrogens is 418 g/mol. The van der Waals surface area contributed by atoms with Gasteiger partial charge in [-0.2, -0.15) is 5.26 Å². The number of nitrogens with one attached hydrogen (secondary N) is 2. The van der Waals surface area contributed by atoms with Crippen LogP contribution in [0.3, 0.4) is 0 Å². The number of benzene rings is 2. The molecule has 2 rings (SSSR count). The number of carbonyl (C=O) groups is 1. The summed E-state index contributed by atoms with van der Waals surface area (Å²) in [5.74, 6) is 0.285. The minimum atomic E-state index is -0.443. The van der Waals surface area contributed by atoms with Crippen LogP contribution in [0.25, 0.3) is 0 Å². The second-order valence-electron chi connectivity index (χ2n) is 6.44. The molecule has 0 bridgehead atoms. The molecule has 146 valence electrons. The molecule has 0 aromatic heterocycles. The predicted molar refractivity (Wildman–Crippen MR) is 115 cm³/mol. The molecule has 0 fully saturated rings. The van der Waals surface area contributed by atoms with Crippen molar-refractivity contribution in [3.05, 3.63) is 69.3 Å². The molecule has 0 saturated carbocycles. The van der Waals surface area contributed by atoms with E-state index < -0.39 is 5.91 Å². The second-order valence-corrected chi connectivity index (χ2v) is 7.36. The lowest BCUT2D eigenvalue weighted by atomic mass is 10.0. The molecule has 5 nitrogen and oxygen atoms in total. The Labute approximate surface area is 174 Å². The van der Waals surface area contributed by atoms with E-state index in [1.165, 1.54) is 6.20 Å². The van der Waals surface area contributed by atoms with E-state index in [0.29, 0.717) is 6.61 Å². The Balaban J connectivity index is 2.15. The molecule has 1 atom stereocenters. The second kappa shape index (κ2) is 9.95. The highest BCUT2D eigenvalue weighted by Gasteiger charge is 2.17. The van der Waals surface area contributed by atoms with Crippen molar-refractivity contribution in [1.29, 1.82) is 5.26 Å². The number of nitriles is 1. The molecule has 0 spiro atoms. The summed E-state index contributed by atoms with van der Waals surface area (Å²) in [7, 11) is 0. The molecule has 6 heteroatoms. The summed E-state index contributed by atoms with van der Waals surface area (Å²) in [5, 5.41) is 15.3. The van der Waals surface area contributed by atoms with E-state index in [1.807, 2.05) is 70.2 Å². The zero-order valence-corrected chi connectivity index (χ0v) is 18.1. The minimum Gasteiger partial charge on any atom is -0.494 e. The Morgan fingerprint density at radius 2 is 2.04 bits per heavy atom. The third kappa shape index (κ3) is 5.61. The van der Waals surface area contributed by atoms with Gasteiger partial charge in [0, 0.05) is 21.9 Å². The molecule has 2 aromatic rings. The summed E-state index contributed by atoms with van der Waals surface area (Å²) in [4.78, 5) is 12.6. The molecule has 2 aromatic carbocycles. The highest BCUT2D eigenvalue weighted by molar-refractivity contribution is 9.10. The summed E-state index contributed by atoms with van der Waals surface area (Å²) < 4.78 is 6.63. The number of halogens is 1. The molecule has 0 aliphatic heterocycles. The number of nitrogens with zero attached hydrogens (tertiary/aromatic N) is 1. The van der Waals surface area contributed by atoms with Crippen LogP contribution in [0.5, 0.6) is 5.75 Å². The summed E-state index contributed by atoms with van der Waals surface area (Å²) in [6.07, 6.45) is 1.43. The van der Waals surface area contributed by atoms with E-state index in [2.05, 4.69) is 26.6 Å². The minimum absolute atomic E-state index is 0.000202. The summed E-state index contributed by atoms with van der Waals surface area (Å²) in [6.45, 7) is 8.26. The van der Waals surface area contributed by atoms with Crippen molar-refractivity contribution < 1.29 is 9.53 Å². The maximum atomic E-state index is 12.6. The number of hydrogen-bond donors (Lipinski definition) is 2. The van der Waals surface area contributed by atoms with Crippen molar-refractivity contribution in [2.24, 2.45) is 0 Å². The van der Waals surface area contributed by atoms with Gasteiger partial charge in [-0.3, -0.25) is 4.79 Å². The van der Waals surface area contributed by atoms with Crippen molar-refractivity contribution >= 4 is 27.5 Å². The first-order valence-electron chi connectivity index (χ1n) is 9.02. The summed E-state index contributed by atoms with van der Waals surface area (Å²) >= 11 is 3.41. The lowest BCUT2D eigenvalue weighted by Crippen LogP contribution is -2.28. The topological polar surface area (TPSA) is 74.1 Å². The maximum Gasteiger partial charge on any atom is 0.263 e. The van der Waals surface area contributed by atoms with Crippen LogP contribution in [0.15, 0.2) is 52.6 Å². The zero-order valence-electron chi connectivity index (χ0n) is 16.5. The van der Waals surface area contributed by atoms with E-state index in [9.17, 15) is 10.1 Å². The monoisotopic (exact) mass is 441 g/mol. The third-order valence-electron chi connectivity index (χ3n) is 4.20. The van der Waals surface area contributed by atoms with Crippen LogP contribution in [-0.2, 0) is 4.79 Å². The smallest absolute Gasteiger partial charge is 0.263 e. The van der Waals surface area contributed by atoms with E-state index in [0.717, 1.165) is 32.6 Å². The van der Waals surface area contributed by atoms with Gasteiger partial charge < -0.3 is 15.4 Å². The van der Waals surface area contributed by atoms with Gasteiger partial charge in [0.05, 0.1) is 12.6 Å². The average molecular weight is 442 g/mol. The molecule has 2 N–H and O–H groups in total. The van der Waals surface area contributed by atoms with Crippen LogP contribution in [-0.4, -0.2) is 12.5 Å². The van der Waals surface area contributed by atoms with Crippen molar-refractivity contribution in [3.63, 3.8) is 0 Å². The lowest BCUT2D eigenvalue weighted by molar-refractivity contribution is -0.117. The quantitative estimate of drug-likeness (QED) is 0.459. The normalized spacial score (nSPS) is 12.1. The molecule has 28 heavy (non-hydrogen) atoms. The fourth-order valence-electron chi connectivity index (χ4n) is 2.73. The number of ether oxygens (including phenoxy) is 1. The Bertz CT molecular complexity index is 932. The van der Waals surface area contributed by atoms with Gasteiger partial charge in [-0.15, -0.1) is 0 Å². The van der Waals surface area contributed by atoms with Gasteiger partial charge in [-0.1, -0.05) is 33.6 Å². The molecule has 1 unspecified atom stereocenters. The van der Waals surface area contributed by atoms with E-state index in [4.69, 9.17) is 4.74 Å². The standard InChI is InChI=1S/C22H24BrN3O2/c1-5-28-21-9-6-14(2)10-19(21)16(4)26-22(27)17(12-24)13-25-20-8-7-18(23)11-15(20)3/h6-11,13,16,25H,5H2,1-4H3,(H,26,27)/b17-13-. The van der Waals surface area contributed by atoms with Crippen LogP contribution in [0.4, 0.5) is 5.69 Å². The van der Waals surface area contributed by atoms with Gasteiger partial charge >= 0.3 is 0 Å². The third-order valence-corrected chi connectivity index (χ3v) is 4.70. The zero-order chi connectivity index (χ0) is 20.7.